The van der Waals surface area contributed by atoms with Crippen LogP contribution in [0.3, 0.4) is 0 Å². The van der Waals surface area contributed by atoms with E-state index >= 15 is 0 Å². The van der Waals surface area contributed by atoms with Crippen molar-refractivity contribution in [1.29, 1.82) is 0 Å². The second-order valence-corrected chi connectivity index (χ2v) is 8.12. The summed E-state index contributed by atoms with van der Waals surface area (Å²) in [6.07, 6.45) is 5.29. The molecule has 7 nitrogen and oxygen atoms in total. The first kappa shape index (κ1) is 19.6. The van der Waals surface area contributed by atoms with Crippen molar-refractivity contribution in [3.63, 3.8) is 0 Å². The highest BCUT2D eigenvalue weighted by Crippen LogP contribution is 2.35. The van der Waals surface area contributed by atoms with Crippen LogP contribution in [0.2, 0.25) is 0 Å². The molecule has 1 aliphatic carbocycles. The summed E-state index contributed by atoms with van der Waals surface area (Å²) in [6, 6.07) is 7.84. The first-order valence-corrected chi connectivity index (χ1v) is 10.4. The molecule has 1 aromatic rings. The molecule has 7 heteroatoms. The largest absolute Gasteiger partial charge is 0.369 e. The summed E-state index contributed by atoms with van der Waals surface area (Å²) in [5, 5.41) is 2.87. The van der Waals surface area contributed by atoms with E-state index in [2.05, 4.69) is 22.2 Å². The van der Waals surface area contributed by atoms with E-state index in [9.17, 15) is 14.4 Å². The minimum Gasteiger partial charge on any atom is -0.369 e. The molecule has 4 rings (SSSR count). The van der Waals surface area contributed by atoms with Crippen molar-refractivity contribution in [1.82, 2.24) is 9.80 Å². The van der Waals surface area contributed by atoms with Crippen molar-refractivity contribution < 1.29 is 14.4 Å². The third-order valence-electron chi connectivity index (χ3n) is 6.18. The number of hydrogen-bond donors (Lipinski definition) is 1. The number of allylic oxidation sites excluding steroid dienone is 2. The Morgan fingerprint density at radius 1 is 0.966 bits per heavy atom. The molecular weight excluding hydrogens is 368 g/mol. The van der Waals surface area contributed by atoms with Crippen LogP contribution in [0.25, 0.3) is 0 Å². The van der Waals surface area contributed by atoms with Crippen molar-refractivity contribution in [2.75, 3.05) is 50.0 Å². The summed E-state index contributed by atoms with van der Waals surface area (Å²) < 4.78 is 0. The van der Waals surface area contributed by atoms with E-state index < -0.39 is 0 Å². The predicted octanol–water partition coefficient (Wildman–Crippen LogP) is 1.72. The van der Waals surface area contributed by atoms with Crippen LogP contribution in [0.15, 0.2) is 36.4 Å². The van der Waals surface area contributed by atoms with E-state index in [-0.39, 0.29) is 42.5 Å². The fraction of sp³-hybridized carbons (Fsp3) is 0.500. The third-order valence-corrected chi connectivity index (χ3v) is 6.18. The summed E-state index contributed by atoms with van der Waals surface area (Å²) in [5.41, 5.74) is 1.88. The van der Waals surface area contributed by atoms with E-state index in [0.29, 0.717) is 12.8 Å². The molecule has 3 aliphatic rings. The number of amides is 3. The highest BCUT2D eigenvalue weighted by molar-refractivity contribution is 6.05. The lowest BCUT2D eigenvalue weighted by Crippen LogP contribution is -2.44. The molecule has 2 atom stereocenters. The van der Waals surface area contributed by atoms with Gasteiger partial charge in [-0.3, -0.25) is 19.3 Å². The third kappa shape index (κ3) is 4.19. The van der Waals surface area contributed by atoms with Gasteiger partial charge in [-0.25, -0.2) is 0 Å². The number of anilines is 2. The van der Waals surface area contributed by atoms with Crippen LogP contribution < -0.4 is 10.2 Å². The summed E-state index contributed by atoms with van der Waals surface area (Å²) >= 11 is 0. The predicted molar refractivity (Wildman–Crippen MR) is 111 cm³/mol. The zero-order valence-electron chi connectivity index (χ0n) is 16.8. The summed E-state index contributed by atoms with van der Waals surface area (Å²) in [5.74, 6) is -0.927. The summed E-state index contributed by atoms with van der Waals surface area (Å²) in [4.78, 5) is 43.2. The van der Waals surface area contributed by atoms with Crippen molar-refractivity contribution in [3.8, 4) is 0 Å². The Labute approximate surface area is 171 Å². The Morgan fingerprint density at radius 3 is 2.14 bits per heavy atom. The molecule has 154 valence electrons. The zero-order chi connectivity index (χ0) is 20.4. The molecule has 0 bridgehead atoms. The number of likely N-dealkylation sites (tertiary alicyclic amines) is 1. The van der Waals surface area contributed by atoms with Crippen LogP contribution in [0.4, 0.5) is 11.4 Å². The quantitative estimate of drug-likeness (QED) is 0.606. The maximum absolute atomic E-state index is 12.5. The van der Waals surface area contributed by atoms with E-state index in [1.807, 2.05) is 36.4 Å². The van der Waals surface area contributed by atoms with Crippen LogP contribution >= 0.6 is 0 Å². The van der Waals surface area contributed by atoms with Gasteiger partial charge >= 0.3 is 0 Å². The van der Waals surface area contributed by atoms with Crippen LogP contribution in [-0.4, -0.2) is 67.3 Å². The van der Waals surface area contributed by atoms with Gasteiger partial charge in [0.15, 0.2) is 0 Å². The summed E-state index contributed by atoms with van der Waals surface area (Å²) in [7, 11) is 2.13. The Morgan fingerprint density at radius 2 is 1.55 bits per heavy atom. The van der Waals surface area contributed by atoms with Crippen LogP contribution in [0.5, 0.6) is 0 Å². The van der Waals surface area contributed by atoms with Crippen molar-refractivity contribution >= 4 is 29.1 Å². The highest BCUT2D eigenvalue weighted by atomic mass is 16.2. The number of nitrogens with one attached hydrogen (secondary N) is 1. The van der Waals surface area contributed by atoms with Gasteiger partial charge in [-0.2, -0.15) is 0 Å². The van der Waals surface area contributed by atoms with E-state index in [0.717, 1.165) is 37.6 Å². The molecule has 2 aliphatic heterocycles. The second kappa shape index (κ2) is 8.37. The number of benzene rings is 1. The normalized spacial score (nSPS) is 24.7. The lowest BCUT2D eigenvalue weighted by Gasteiger charge is -2.34. The number of nitrogens with zero attached hydrogens (tertiary/aromatic N) is 3. The lowest BCUT2D eigenvalue weighted by molar-refractivity contribution is -0.140. The minimum absolute atomic E-state index is 0.116. The van der Waals surface area contributed by atoms with Gasteiger partial charge in [0.2, 0.25) is 17.7 Å². The van der Waals surface area contributed by atoms with E-state index in [1.54, 1.807) is 0 Å². The standard InChI is InChI=1S/C22H28N4O3/c1-24-12-14-25(15-13-24)17-8-6-16(7-9-17)23-20(27)10-11-26-21(28)18-4-2-3-5-19(18)22(26)29/h2-3,6-9,18-19H,4-5,10-15H2,1H3,(H,23,27)/t18-,19-/m1/s1. The van der Waals surface area contributed by atoms with E-state index in [1.165, 1.54) is 4.90 Å². The molecule has 2 fully saturated rings. The van der Waals surface area contributed by atoms with Crippen LogP contribution in [0, 0.1) is 11.8 Å². The molecule has 0 radical (unpaired) electrons. The molecule has 1 aromatic carbocycles. The van der Waals surface area contributed by atoms with Gasteiger partial charge in [0.25, 0.3) is 0 Å². The number of imide groups is 1. The maximum Gasteiger partial charge on any atom is 0.233 e. The zero-order valence-corrected chi connectivity index (χ0v) is 16.8. The number of fused-ring (bicyclic) bond motifs is 1. The summed E-state index contributed by atoms with van der Waals surface area (Å²) in [6.45, 7) is 4.24. The molecule has 29 heavy (non-hydrogen) atoms. The SMILES string of the molecule is CN1CCN(c2ccc(NC(=O)CCN3C(=O)[C@@H]4CC=CC[C@H]4C3=O)cc2)CC1. The van der Waals surface area contributed by atoms with E-state index in [4.69, 9.17) is 0 Å². The number of carbonyl (C=O) groups is 3. The van der Waals surface area contributed by atoms with Crippen molar-refractivity contribution in [2.24, 2.45) is 11.8 Å². The van der Waals surface area contributed by atoms with Gasteiger partial charge in [0.05, 0.1) is 11.8 Å². The van der Waals surface area contributed by atoms with Gasteiger partial charge in [-0.1, -0.05) is 12.2 Å². The smallest absolute Gasteiger partial charge is 0.233 e. The van der Waals surface area contributed by atoms with Gasteiger partial charge in [-0.05, 0) is 44.2 Å². The number of piperazine rings is 1. The highest BCUT2D eigenvalue weighted by Gasteiger charge is 2.46. The van der Waals surface area contributed by atoms with Gasteiger partial charge < -0.3 is 15.1 Å². The first-order valence-electron chi connectivity index (χ1n) is 10.4. The Hall–Kier alpha value is -2.67. The average molecular weight is 396 g/mol. The Kier molecular flexibility index (Phi) is 5.67. The van der Waals surface area contributed by atoms with Crippen molar-refractivity contribution in [2.45, 2.75) is 19.3 Å². The maximum atomic E-state index is 12.5. The van der Waals surface area contributed by atoms with Gasteiger partial charge in [0.1, 0.15) is 0 Å². The lowest BCUT2D eigenvalue weighted by atomic mass is 9.85. The Balaban J connectivity index is 1.28. The van der Waals surface area contributed by atoms with Crippen LogP contribution in [0.1, 0.15) is 19.3 Å². The molecule has 0 spiro atoms. The van der Waals surface area contributed by atoms with Crippen LogP contribution in [-0.2, 0) is 14.4 Å². The molecule has 0 unspecified atom stereocenters. The Bertz CT molecular complexity index is 786. The topological polar surface area (TPSA) is 73.0 Å². The van der Waals surface area contributed by atoms with Crippen molar-refractivity contribution in [3.05, 3.63) is 36.4 Å². The van der Waals surface area contributed by atoms with Gasteiger partial charge in [-0.15, -0.1) is 0 Å². The average Bonchev–Trinajstić information content (AvgIpc) is 2.98. The molecule has 0 saturated carbocycles. The second-order valence-electron chi connectivity index (χ2n) is 8.12. The molecule has 3 amide bonds. The number of likely N-dealkylation sites (N-methyl/N-ethyl adjacent to an activating group) is 1. The van der Waals surface area contributed by atoms with Gasteiger partial charge in [0, 0.05) is 50.5 Å². The molecule has 2 saturated heterocycles. The number of carbonyl (C=O) groups excluding carboxylic acids is 3. The monoisotopic (exact) mass is 396 g/mol. The number of hydrogen-bond acceptors (Lipinski definition) is 5. The minimum atomic E-state index is -0.238. The molecule has 2 heterocycles. The fourth-order valence-corrected chi connectivity index (χ4v) is 4.35. The molecule has 1 N–H and O–H groups in total. The first-order chi connectivity index (χ1) is 14.0. The fourth-order valence-electron chi connectivity index (χ4n) is 4.35. The number of rotatable bonds is 5. The molecule has 0 aromatic heterocycles. The molecular formula is C22H28N4O3.